The second-order valence-electron chi connectivity index (χ2n) is 15.4. The molecule has 0 aliphatic rings. The van der Waals surface area contributed by atoms with Crippen LogP contribution in [-0.2, 0) is 5.41 Å². The van der Waals surface area contributed by atoms with E-state index in [1.165, 1.54) is 59.4 Å². The fourth-order valence-electron chi connectivity index (χ4n) is 6.19. The van der Waals surface area contributed by atoms with Crippen LogP contribution in [0.3, 0.4) is 0 Å². The zero-order valence-corrected chi connectivity index (χ0v) is 38.2. The quantitative estimate of drug-likeness (QED) is 0.128. The van der Waals surface area contributed by atoms with Gasteiger partial charge in [0.25, 0.3) is 0 Å². The summed E-state index contributed by atoms with van der Waals surface area (Å²) in [6, 6.07) is 34.8. The van der Waals surface area contributed by atoms with E-state index in [0.29, 0.717) is 22.3 Å². The monoisotopic (exact) mass is 857 g/mol. The Morgan fingerprint density at radius 3 is 0.774 bits per heavy atom. The van der Waals surface area contributed by atoms with Crippen molar-refractivity contribution >= 4 is 5.78 Å². The average molecular weight is 857 g/mol. The zero-order chi connectivity index (χ0) is 46.5. The third-order valence-corrected chi connectivity index (χ3v) is 11.1. The fraction of sp³-hybridized carbons (Fsp3) is 0.327. The van der Waals surface area contributed by atoms with Gasteiger partial charge in [0.15, 0.2) is 5.78 Å². The minimum Gasteiger partial charge on any atom is -0.289 e. The predicted octanol–water partition coefficient (Wildman–Crippen LogP) is 16.8. The number of hydrogen-bond donors (Lipinski definition) is 0. The molecule has 0 saturated carbocycles. The van der Waals surface area contributed by atoms with Crippen molar-refractivity contribution in [3.8, 4) is 0 Å². The Morgan fingerprint density at radius 1 is 0.339 bits per heavy atom. The molecule has 6 aromatic carbocycles. The van der Waals surface area contributed by atoms with E-state index in [4.69, 9.17) is 0 Å². The van der Waals surface area contributed by atoms with Gasteiger partial charge in [-0.05, 0) is 173 Å². The number of hydrogen-bond acceptors (Lipinski definition) is 1. The second-order valence-corrected chi connectivity index (χ2v) is 15.4. The normalized spacial score (nSPS) is 10.8. The maximum absolute atomic E-state index is 14.0. The molecule has 0 spiro atoms. The maximum atomic E-state index is 14.0. The molecule has 0 fully saturated rings. The third-order valence-electron chi connectivity index (χ3n) is 11.1. The van der Waals surface area contributed by atoms with Crippen LogP contribution in [0.4, 0.5) is 26.3 Å². The van der Waals surface area contributed by atoms with Crippen molar-refractivity contribution in [2.75, 3.05) is 0 Å². The number of carbonyl (C=O) groups excluding carboxylic acids is 1. The molecule has 0 aliphatic carbocycles. The van der Waals surface area contributed by atoms with Crippen LogP contribution in [0.5, 0.6) is 0 Å². The van der Waals surface area contributed by atoms with Crippen LogP contribution in [-0.4, -0.2) is 18.1 Å². The Kier molecular flexibility index (Phi) is 20.9. The molecule has 0 atom stereocenters. The summed E-state index contributed by atoms with van der Waals surface area (Å²) in [4.78, 5) is 12.4. The smallest absolute Gasteiger partial charge is 0.289 e. The van der Waals surface area contributed by atoms with Gasteiger partial charge in [-0.1, -0.05) is 130 Å². The summed E-state index contributed by atoms with van der Waals surface area (Å²) in [6.45, 7) is 26.9. The molecule has 7 heteroatoms. The SMILES string of the molecule is C.CC.Cc1ccc(C(=O)c2ccc(C)c(C)c2)cc1C.Cc1ccc(C(c2ccc(C)c(C)c2)(C(F)(F)F)C(F)(F)F)cc1C.Cc1ccccc1C.Cc1ccccc1C. The van der Waals surface area contributed by atoms with Crippen molar-refractivity contribution in [2.45, 2.75) is 122 Å². The molecule has 0 saturated heterocycles. The van der Waals surface area contributed by atoms with E-state index in [0.717, 1.165) is 46.5 Å². The van der Waals surface area contributed by atoms with Gasteiger partial charge in [0.05, 0.1) is 0 Å². The lowest BCUT2D eigenvalue weighted by Gasteiger charge is -2.38. The molecule has 0 N–H and O–H groups in total. The summed E-state index contributed by atoms with van der Waals surface area (Å²) in [5.41, 5.74) is 8.03. The molecule has 0 aliphatic heterocycles. The van der Waals surface area contributed by atoms with Crippen molar-refractivity contribution in [1.29, 1.82) is 0 Å². The van der Waals surface area contributed by atoms with E-state index in [1.807, 2.05) is 64.1 Å². The summed E-state index contributed by atoms with van der Waals surface area (Å²) in [5.74, 6) is 0.0983. The molecule has 62 heavy (non-hydrogen) atoms. The Labute approximate surface area is 368 Å². The predicted molar refractivity (Wildman–Crippen MR) is 250 cm³/mol. The molecule has 1 nitrogen and oxygen atoms in total. The van der Waals surface area contributed by atoms with Crippen LogP contribution in [0.1, 0.15) is 115 Å². The van der Waals surface area contributed by atoms with Gasteiger partial charge in [0.2, 0.25) is 5.41 Å². The Bertz CT molecular complexity index is 2160. The lowest BCUT2D eigenvalue weighted by atomic mass is 9.71. The van der Waals surface area contributed by atoms with E-state index in [-0.39, 0.29) is 13.2 Å². The van der Waals surface area contributed by atoms with E-state index < -0.39 is 28.9 Å². The van der Waals surface area contributed by atoms with Crippen LogP contribution in [0.15, 0.2) is 121 Å². The molecule has 0 aromatic heterocycles. The van der Waals surface area contributed by atoms with Crippen LogP contribution < -0.4 is 0 Å². The lowest BCUT2D eigenvalue weighted by Crippen LogP contribution is -2.54. The van der Waals surface area contributed by atoms with Gasteiger partial charge >= 0.3 is 12.4 Å². The molecule has 0 bridgehead atoms. The molecule has 0 amide bonds. The van der Waals surface area contributed by atoms with Gasteiger partial charge in [0, 0.05) is 11.1 Å². The second kappa shape index (κ2) is 23.7. The number of alkyl halides is 6. The largest absolute Gasteiger partial charge is 0.411 e. The Balaban J connectivity index is 0.000000449. The molecule has 0 heterocycles. The van der Waals surface area contributed by atoms with Crippen molar-refractivity contribution in [2.24, 2.45) is 0 Å². The minimum atomic E-state index is -5.55. The summed E-state index contributed by atoms with van der Waals surface area (Å²) in [5, 5.41) is 0. The highest BCUT2D eigenvalue weighted by atomic mass is 19.4. The first kappa shape index (κ1) is 54.6. The van der Waals surface area contributed by atoms with E-state index in [2.05, 4.69) is 90.1 Å². The van der Waals surface area contributed by atoms with Crippen LogP contribution in [0.2, 0.25) is 0 Å². The molecule has 334 valence electrons. The highest BCUT2D eigenvalue weighted by Crippen LogP contribution is 2.56. The lowest BCUT2D eigenvalue weighted by molar-refractivity contribution is -0.288. The van der Waals surface area contributed by atoms with Crippen LogP contribution >= 0.6 is 0 Å². The number of rotatable bonds is 4. The maximum Gasteiger partial charge on any atom is 0.411 e. The molecule has 0 radical (unpaired) electrons. The van der Waals surface area contributed by atoms with Crippen LogP contribution in [0, 0.1) is 83.1 Å². The highest BCUT2D eigenvalue weighted by molar-refractivity contribution is 6.09. The first-order valence-electron chi connectivity index (χ1n) is 20.4. The Morgan fingerprint density at radius 2 is 0.565 bits per heavy atom. The van der Waals surface area contributed by atoms with Crippen molar-refractivity contribution < 1.29 is 31.1 Å². The van der Waals surface area contributed by atoms with Gasteiger partial charge < -0.3 is 0 Å². The topological polar surface area (TPSA) is 17.1 Å². The van der Waals surface area contributed by atoms with E-state index >= 15 is 0 Å². The van der Waals surface area contributed by atoms with Crippen molar-refractivity contribution in [3.63, 3.8) is 0 Å². The standard InChI is InChI=1S/C19H18F6.C17H18O.2C8H10.C2H6.CH4/c1-11-5-7-15(9-13(11)3)17(18(20,21)22,19(23,24)25)16-8-6-12(2)14(4)10-16;1-11-5-7-15(9-13(11)3)17(18)16-8-6-12(2)14(4)10-16;2*1-7-5-3-4-6-8(7)2;1-2;/h5-10H,1-4H3;5-10H,1-4H3;2*3-6H,1-2H3;1-2H3;1H4. The minimum absolute atomic E-state index is 0. The van der Waals surface area contributed by atoms with Gasteiger partial charge in [-0.15, -0.1) is 0 Å². The van der Waals surface area contributed by atoms with Gasteiger partial charge in [-0.2, -0.15) is 26.3 Å². The number of benzene rings is 6. The zero-order valence-electron chi connectivity index (χ0n) is 38.2. The van der Waals surface area contributed by atoms with Crippen molar-refractivity contribution in [3.05, 3.63) is 210 Å². The number of halogens is 6. The summed E-state index contributed by atoms with van der Waals surface area (Å²) < 4.78 is 83.9. The van der Waals surface area contributed by atoms with E-state index in [9.17, 15) is 31.1 Å². The number of ketones is 1. The van der Waals surface area contributed by atoms with Crippen LogP contribution in [0.25, 0.3) is 0 Å². The number of aryl methyl sites for hydroxylation is 12. The van der Waals surface area contributed by atoms with Gasteiger partial charge in [-0.25, -0.2) is 0 Å². The molecule has 6 aromatic rings. The van der Waals surface area contributed by atoms with Gasteiger partial charge in [0.1, 0.15) is 0 Å². The van der Waals surface area contributed by atoms with E-state index in [1.54, 1.807) is 13.8 Å². The summed E-state index contributed by atoms with van der Waals surface area (Å²) in [6.07, 6.45) is -11.1. The molecular formula is C55H66F6O. The molecular weight excluding hydrogens is 791 g/mol. The Hall–Kier alpha value is -5.43. The first-order valence-corrected chi connectivity index (χ1v) is 20.4. The summed E-state index contributed by atoms with van der Waals surface area (Å²) >= 11 is 0. The van der Waals surface area contributed by atoms with Gasteiger partial charge in [-0.3, -0.25) is 4.79 Å². The molecule has 0 unspecified atom stereocenters. The van der Waals surface area contributed by atoms with Crippen molar-refractivity contribution in [1.82, 2.24) is 0 Å². The molecule has 6 rings (SSSR count). The fourth-order valence-corrected chi connectivity index (χ4v) is 6.19. The highest BCUT2D eigenvalue weighted by Gasteiger charge is 2.72. The average Bonchev–Trinajstić information content (AvgIpc) is 3.19. The first-order chi connectivity index (χ1) is 28.4. The third kappa shape index (κ3) is 13.8. The summed E-state index contributed by atoms with van der Waals surface area (Å²) in [7, 11) is 0. The number of carbonyl (C=O) groups is 1.